The fraction of sp³-hybridized carbons (Fsp3) is 0.167. The lowest BCUT2D eigenvalue weighted by Gasteiger charge is -2.08. The molecule has 1 amide bonds. The molecule has 1 heterocycles. The number of imidazole rings is 1. The average molecular weight is 215 g/mol. The van der Waals surface area contributed by atoms with Gasteiger partial charge in [-0.2, -0.15) is 0 Å². The second-order valence-corrected chi connectivity index (χ2v) is 3.79. The van der Waals surface area contributed by atoms with Gasteiger partial charge in [0.05, 0.1) is 0 Å². The lowest BCUT2D eigenvalue weighted by Crippen LogP contribution is -2.14. The Hall–Kier alpha value is -2.10. The molecule has 0 saturated carbocycles. The molecule has 82 valence electrons. The molecule has 0 spiro atoms. The third kappa shape index (κ3) is 1.69. The summed E-state index contributed by atoms with van der Waals surface area (Å²) in [5.74, 6) is 0.406. The molecule has 3 N–H and O–H groups in total. The maximum Gasteiger partial charge on any atom is 0.249 e. The molecule has 16 heavy (non-hydrogen) atoms. The molecule has 0 radical (unpaired) electrons. The van der Waals surface area contributed by atoms with E-state index in [0.29, 0.717) is 5.56 Å². The summed E-state index contributed by atoms with van der Waals surface area (Å²) >= 11 is 0. The van der Waals surface area contributed by atoms with Gasteiger partial charge in [0.25, 0.3) is 0 Å². The van der Waals surface area contributed by atoms with E-state index in [-0.39, 0.29) is 5.91 Å². The van der Waals surface area contributed by atoms with Gasteiger partial charge in [-0.1, -0.05) is 0 Å². The number of nitrogens with one attached hydrogen (secondary N) is 1. The number of amides is 1. The van der Waals surface area contributed by atoms with Crippen LogP contribution in [0.5, 0.6) is 0 Å². The summed E-state index contributed by atoms with van der Waals surface area (Å²) < 4.78 is 0. The maximum absolute atomic E-state index is 11.2. The molecule has 0 aliphatic carbocycles. The number of rotatable bonds is 2. The number of aromatic nitrogens is 2. The number of hydrogen-bond acceptors (Lipinski definition) is 2. The van der Waals surface area contributed by atoms with E-state index in [1.54, 1.807) is 12.4 Å². The molecule has 1 aromatic carbocycles. The highest BCUT2D eigenvalue weighted by molar-refractivity contribution is 5.96. The van der Waals surface area contributed by atoms with Crippen LogP contribution in [0.1, 0.15) is 21.5 Å². The van der Waals surface area contributed by atoms with E-state index >= 15 is 0 Å². The summed E-state index contributed by atoms with van der Waals surface area (Å²) in [6, 6.07) is 3.82. The summed E-state index contributed by atoms with van der Waals surface area (Å²) in [6.45, 7) is 3.75. The number of carbonyl (C=O) groups excluding carboxylic acids is 1. The van der Waals surface area contributed by atoms with Crippen LogP contribution in [-0.2, 0) is 0 Å². The summed E-state index contributed by atoms with van der Waals surface area (Å²) in [6.07, 6.45) is 3.46. The molecule has 0 atom stereocenters. The Morgan fingerprint density at radius 3 is 2.38 bits per heavy atom. The van der Waals surface area contributed by atoms with Gasteiger partial charge in [-0.25, -0.2) is 4.98 Å². The van der Waals surface area contributed by atoms with Crippen LogP contribution in [-0.4, -0.2) is 15.9 Å². The number of hydrogen-bond donors (Lipinski definition) is 2. The van der Waals surface area contributed by atoms with E-state index in [4.69, 9.17) is 5.73 Å². The van der Waals surface area contributed by atoms with Crippen molar-refractivity contribution in [3.05, 3.63) is 41.2 Å². The molecule has 0 aliphatic rings. The van der Waals surface area contributed by atoms with Crippen molar-refractivity contribution in [1.29, 1.82) is 0 Å². The number of primary amides is 1. The number of aromatic amines is 1. The Bertz CT molecular complexity index is 506. The monoisotopic (exact) mass is 215 g/mol. The van der Waals surface area contributed by atoms with Gasteiger partial charge in [0.1, 0.15) is 5.82 Å². The number of H-pyrrole nitrogens is 1. The van der Waals surface area contributed by atoms with Gasteiger partial charge < -0.3 is 10.7 Å². The Morgan fingerprint density at radius 1 is 1.31 bits per heavy atom. The highest BCUT2D eigenvalue weighted by Crippen LogP contribution is 2.22. The normalized spacial score (nSPS) is 10.4. The van der Waals surface area contributed by atoms with Crippen molar-refractivity contribution in [3.63, 3.8) is 0 Å². The van der Waals surface area contributed by atoms with Crippen LogP contribution < -0.4 is 5.73 Å². The van der Waals surface area contributed by atoms with Gasteiger partial charge >= 0.3 is 0 Å². The molecule has 0 saturated heterocycles. The zero-order chi connectivity index (χ0) is 11.7. The second-order valence-electron chi connectivity index (χ2n) is 3.79. The summed E-state index contributed by atoms with van der Waals surface area (Å²) in [5.41, 5.74) is 8.63. The maximum atomic E-state index is 11.2. The third-order valence-electron chi connectivity index (χ3n) is 2.55. The topological polar surface area (TPSA) is 71.8 Å². The van der Waals surface area contributed by atoms with Crippen molar-refractivity contribution in [2.24, 2.45) is 5.73 Å². The van der Waals surface area contributed by atoms with Crippen LogP contribution >= 0.6 is 0 Å². The van der Waals surface area contributed by atoms with E-state index in [9.17, 15) is 4.79 Å². The number of carbonyl (C=O) groups is 1. The quantitative estimate of drug-likeness (QED) is 0.801. The number of nitrogens with zero attached hydrogens (tertiary/aromatic N) is 1. The molecule has 4 heteroatoms. The van der Waals surface area contributed by atoms with Crippen LogP contribution in [0.15, 0.2) is 24.5 Å². The highest BCUT2D eigenvalue weighted by atomic mass is 16.1. The molecule has 0 fully saturated rings. The van der Waals surface area contributed by atoms with Crippen molar-refractivity contribution in [3.8, 4) is 11.4 Å². The fourth-order valence-electron chi connectivity index (χ4n) is 1.91. The van der Waals surface area contributed by atoms with Crippen LogP contribution in [0.4, 0.5) is 0 Å². The summed E-state index contributed by atoms with van der Waals surface area (Å²) in [5, 5.41) is 0. The van der Waals surface area contributed by atoms with Crippen molar-refractivity contribution < 1.29 is 4.79 Å². The van der Waals surface area contributed by atoms with E-state index in [1.165, 1.54) is 0 Å². The largest absolute Gasteiger partial charge is 0.366 e. The van der Waals surface area contributed by atoms with Gasteiger partial charge in [-0.3, -0.25) is 4.79 Å². The first-order chi connectivity index (χ1) is 7.59. The van der Waals surface area contributed by atoms with Gasteiger partial charge in [0, 0.05) is 23.5 Å². The van der Waals surface area contributed by atoms with E-state index in [0.717, 1.165) is 22.5 Å². The van der Waals surface area contributed by atoms with Crippen molar-refractivity contribution in [1.82, 2.24) is 9.97 Å². The fourth-order valence-corrected chi connectivity index (χ4v) is 1.91. The average Bonchev–Trinajstić information content (AvgIpc) is 2.67. The molecule has 4 nitrogen and oxygen atoms in total. The van der Waals surface area contributed by atoms with Crippen molar-refractivity contribution in [2.45, 2.75) is 13.8 Å². The molecule has 1 aromatic heterocycles. The smallest absolute Gasteiger partial charge is 0.249 e. The molecular weight excluding hydrogens is 202 g/mol. The third-order valence-corrected chi connectivity index (χ3v) is 2.55. The molecule has 0 unspecified atom stereocenters. The van der Waals surface area contributed by atoms with Crippen molar-refractivity contribution >= 4 is 5.91 Å². The van der Waals surface area contributed by atoms with E-state index < -0.39 is 0 Å². The van der Waals surface area contributed by atoms with Crippen molar-refractivity contribution in [2.75, 3.05) is 0 Å². The van der Waals surface area contributed by atoms with Gasteiger partial charge in [0.15, 0.2) is 0 Å². The van der Waals surface area contributed by atoms with Gasteiger partial charge in [0.2, 0.25) is 5.91 Å². The zero-order valence-electron chi connectivity index (χ0n) is 9.24. The SMILES string of the molecule is Cc1cc(-c2ncc[nH]2)cc(C)c1C(N)=O. The first-order valence-electron chi connectivity index (χ1n) is 5.00. The summed E-state index contributed by atoms with van der Waals surface area (Å²) in [7, 11) is 0. The minimum atomic E-state index is -0.388. The lowest BCUT2D eigenvalue weighted by atomic mass is 9.98. The van der Waals surface area contributed by atoms with Crippen LogP contribution in [0.25, 0.3) is 11.4 Å². The first kappa shape index (κ1) is 10.4. The van der Waals surface area contributed by atoms with Gasteiger partial charge in [-0.15, -0.1) is 0 Å². The standard InChI is InChI=1S/C12H13N3O/c1-7-5-9(12-14-3-4-15-12)6-8(2)10(7)11(13)16/h3-6H,1-2H3,(H2,13,16)(H,14,15). The summed E-state index contributed by atoms with van der Waals surface area (Å²) in [4.78, 5) is 18.4. The van der Waals surface area contributed by atoms with E-state index in [2.05, 4.69) is 9.97 Å². The highest BCUT2D eigenvalue weighted by Gasteiger charge is 2.11. The molecular formula is C12H13N3O. The molecule has 2 rings (SSSR count). The lowest BCUT2D eigenvalue weighted by molar-refractivity contribution is 0.0999. The molecule has 2 aromatic rings. The van der Waals surface area contributed by atoms with Gasteiger partial charge in [-0.05, 0) is 37.1 Å². The number of aryl methyl sites for hydroxylation is 2. The Balaban J connectivity index is 2.58. The minimum absolute atomic E-state index is 0.388. The van der Waals surface area contributed by atoms with E-state index in [1.807, 2.05) is 26.0 Å². The number of nitrogens with two attached hydrogens (primary N) is 1. The van der Waals surface area contributed by atoms with Crippen LogP contribution in [0.3, 0.4) is 0 Å². The molecule has 0 aliphatic heterocycles. The second kappa shape index (κ2) is 3.81. The Morgan fingerprint density at radius 2 is 1.94 bits per heavy atom. The minimum Gasteiger partial charge on any atom is -0.366 e. The van der Waals surface area contributed by atoms with Crippen LogP contribution in [0, 0.1) is 13.8 Å². The predicted octanol–water partition coefficient (Wildman–Crippen LogP) is 1.79. The van der Waals surface area contributed by atoms with Crippen LogP contribution in [0.2, 0.25) is 0 Å². The first-order valence-corrected chi connectivity index (χ1v) is 5.00. The zero-order valence-corrected chi connectivity index (χ0v) is 9.24. The Kier molecular flexibility index (Phi) is 2.48. The number of benzene rings is 1. The predicted molar refractivity (Wildman–Crippen MR) is 62.0 cm³/mol. The molecule has 0 bridgehead atoms. The Labute approximate surface area is 93.5 Å².